The van der Waals surface area contributed by atoms with Crippen LogP contribution in [0.2, 0.25) is 4.34 Å². The molecule has 0 saturated carbocycles. The maximum Gasteiger partial charge on any atom is 0.414 e. The number of aliphatic hydroxyl groups excluding tert-OH is 1. The maximum atomic E-state index is 13.2. The van der Waals surface area contributed by atoms with Crippen LogP contribution in [0, 0.1) is 0 Å². The quantitative estimate of drug-likeness (QED) is 0.284. The molecule has 1 aromatic carbocycles. The second kappa shape index (κ2) is 13.2. The van der Waals surface area contributed by atoms with Crippen molar-refractivity contribution in [1.29, 1.82) is 0 Å². The third-order valence-corrected chi connectivity index (χ3v) is 7.60. The van der Waals surface area contributed by atoms with Crippen LogP contribution in [0.15, 0.2) is 53.5 Å². The number of aromatic nitrogens is 1. The average molecular weight is 575 g/mol. The molecule has 1 aliphatic rings. The number of halogens is 1. The molecule has 3 heterocycles. The van der Waals surface area contributed by atoms with Crippen LogP contribution >= 0.6 is 22.9 Å². The van der Waals surface area contributed by atoms with Gasteiger partial charge in [-0.3, -0.25) is 19.1 Å². The Bertz CT molecular complexity index is 1380. The predicted molar refractivity (Wildman–Crippen MR) is 150 cm³/mol. The summed E-state index contributed by atoms with van der Waals surface area (Å²) >= 11 is 7.11. The summed E-state index contributed by atoms with van der Waals surface area (Å²) in [5.74, 6) is -0.280. The first kappa shape index (κ1) is 28.8. The van der Waals surface area contributed by atoms with Crippen LogP contribution in [0.1, 0.15) is 27.7 Å². The lowest BCUT2D eigenvalue weighted by atomic mass is 10.1. The first-order valence-electron chi connectivity index (χ1n) is 12.5. The number of cyclic esters (lactones) is 1. The molecule has 39 heavy (non-hydrogen) atoms. The maximum absolute atomic E-state index is 13.2. The molecule has 10 nitrogen and oxygen atoms in total. The number of carbonyl (C=O) groups is 2. The standard InChI is InChI=1S/C27H31ClN4O6S/c1-17(30-25(34)23-7-8-24(28)39-23)22-15-32(27(36)38-22)20-5-6-21(19(14-20)16-37-2)31-12-3-4-18(26(31)35)9-10-29-11-13-33/h3-8,12,14,17,22,29,33H,9-11,13,15-16H2,1-2H3,(H,30,34)/t17?,22-/m0/s1. The van der Waals surface area contributed by atoms with Gasteiger partial charge in [-0.05, 0) is 56.3 Å². The third kappa shape index (κ3) is 6.87. The molecular weight excluding hydrogens is 544 g/mol. The number of ether oxygens (including phenoxy) is 2. The summed E-state index contributed by atoms with van der Waals surface area (Å²) in [5, 5.41) is 14.9. The number of anilines is 1. The number of hydrogen-bond donors (Lipinski definition) is 3. The van der Waals surface area contributed by atoms with E-state index >= 15 is 0 Å². The number of rotatable bonds is 12. The molecule has 0 radical (unpaired) electrons. The van der Waals surface area contributed by atoms with Gasteiger partial charge in [0.15, 0.2) is 0 Å². The highest BCUT2D eigenvalue weighted by Crippen LogP contribution is 2.28. The molecule has 1 fully saturated rings. The molecule has 2 amide bonds. The van der Waals surface area contributed by atoms with Gasteiger partial charge in [0.25, 0.3) is 11.5 Å². The fourth-order valence-corrected chi connectivity index (χ4v) is 5.30. The number of pyridine rings is 1. The van der Waals surface area contributed by atoms with E-state index in [9.17, 15) is 14.4 Å². The van der Waals surface area contributed by atoms with Gasteiger partial charge in [-0.25, -0.2) is 4.79 Å². The largest absolute Gasteiger partial charge is 0.442 e. The normalized spacial score (nSPS) is 15.8. The van der Waals surface area contributed by atoms with Crippen LogP contribution in [0.3, 0.4) is 0 Å². The molecule has 0 bridgehead atoms. The second-order valence-corrected chi connectivity index (χ2v) is 10.8. The minimum atomic E-state index is -0.554. The third-order valence-electron chi connectivity index (χ3n) is 6.37. The Labute approximate surface area is 235 Å². The number of benzene rings is 1. The fourth-order valence-electron chi connectivity index (χ4n) is 4.36. The molecule has 4 rings (SSSR count). The van der Waals surface area contributed by atoms with Crippen molar-refractivity contribution >= 4 is 40.6 Å². The van der Waals surface area contributed by atoms with Crippen molar-refractivity contribution < 1.29 is 24.2 Å². The molecule has 1 saturated heterocycles. The van der Waals surface area contributed by atoms with E-state index in [0.717, 1.165) is 5.56 Å². The molecule has 0 aliphatic carbocycles. The van der Waals surface area contributed by atoms with E-state index in [0.29, 0.717) is 45.7 Å². The summed E-state index contributed by atoms with van der Waals surface area (Å²) in [6, 6.07) is 11.8. The van der Waals surface area contributed by atoms with Crippen molar-refractivity contribution in [1.82, 2.24) is 15.2 Å². The van der Waals surface area contributed by atoms with Crippen molar-refractivity contribution in [3.8, 4) is 5.69 Å². The lowest BCUT2D eigenvalue weighted by molar-refractivity contribution is 0.0861. The molecule has 3 aromatic rings. The summed E-state index contributed by atoms with van der Waals surface area (Å²) in [5.41, 5.74) is 2.46. The fraction of sp³-hybridized carbons (Fsp3) is 0.370. The number of nitrogens with zero attached hydrogens (tertiary/aromatic N) is 2. The first-order valence-corrected chi connectivity index (χ1v) is 13.7. The van der Waals surface area contributed by atoms with Gasteiger partial charge in [-0.15, -0.1) is 11.3 Å². The monoisotopic (exact) mass is 574 g/mol. The van der Waals surface area contributed by atoms with Crippen molar-refractivity contribution in [2.24, 2.45) is 0 Å². The van der Waals surface area contributed by atoms with Crippen molar-refractivity contribution in [2.45, 2.75) is 32.1 Å². The number of carbonyl (C=O) groups excluding carboxylic acids is 2. The van der Waals surface area contributed by atoms with Crippen molar-refractivity contribution in [2.75, 3.05) is 38.3 Å². The van der Waals surface area contributed by atoms with E-state index in [1.165, 1.54) is 16.2 Å². The summed E-state index contributed by atoms with van der Waals surface area (Å²) in [4.78, 5) is 40.5. The van der Waals surface area contributed by atoms with Gasteiger partial charge < -0.3 is 25.2 Å². The molecule has 1 unspecified atom stereocenters. The van der Waals surface area contributed by atoms with Gasteiger partial charge in [-0.1, -0.05) is 17.7 Å². The van der Waals surface area contributed by atoms with Crippen LogP contribution < -0.4 is 21.1 Å². The summed E-state index contributed by atoms with van der Waals surface area (Å²) in [6.07, 6.45) is 1.14. The molecule has 0 spiro atoms. The van der Waals surface area contributed by atoms with Gasteiger partial charge in [0.05, 0.1) is 40.7 Å². The Morgan fingerprint density at radius 1 is 1.23 bits per heavy atom. The molecule has 2 aromatic heterocycles. The zero-order valence-corrected chi connectivity index (χ0v) is 23.3. The summed E-state index contributed by atoms with van der Waals surface area (Å²) in [7, 11) is 1.56. The van der Waals surface area contributed by atoms with E-state index in [-0.39, 0.29) is 31.2 Å². The van der Waals surface area contributed by atoms with Gasteiger partial charge in [-0.2, -0.15) is 0 Å². The zero-order chi connectivity index (χ0) is 27.9. The lowest BCUT2D eigenvalue weighted by Gasteiger charge is -2.20. The van der Waals surface area contributed by atoms with E-state index < -0.39 is 18.2 Å². The molecule has 12 heteroatoms. The summed E-state index contributed by atoms with van der Waals surface area (Å²) in [6.45, 7) is 3.33. The van der Waals surface area contributed by atoms with E-state index in [2.05, 4.69) is 10.6 Å². The smallest absolute Gasteiger partial charge is 0.414 e. The van der Waals surface area contributed by atoms with Gasteiger partial charge in [0, 0.05) is 36.7 Å². The SMILES string of the molecule is COCc1cc(N2C[C@@H](C(C)NC(=O)c3ccc(Cl)s3)OC2=O)ccc1-n1cccc(CCNCCO)c1=O. The number of hydrogen-bond acceptors (Lipinski definition) is 8. The minimum Gasteiger partial charge on any atom is -0.442 e. The Balaban J connectivity index is 1.51. The molecule has 2 atom stereocenters. The first-order chi connectivity index (χ1) is 18.8. The molecular formula is C27H31ClN4O6S. The predicted octanol–water partition coefficient (Wildman–Crippen LogP) is 2.97. The number of nitrogens with one attached hydrogen (secondary N) is 2. The average Bonchev–Trinajstić information content (AvgIpc) is 3.53. The van der Waals surface area contributed by atoms with Crippen molar-refractivity contribution in [3.05, 3.63) is 79.4 Å². The van der Waals surface area contributed by atoms with Gasteiger partial charge in [0.2, 0.25) is 0 Å². The lowest BCUT2D eigenvalue weighted by Crippen LogP contribution is -2.42. The number of thiophene rings is 1. The number of aliphatic hydroxyl groups is 1. The van der Waals surface area contributed by atoms with Crippen molar-refractivity contribution in [3.63, 3.8) is 0 Å². The van der Waals surface area contributed by atoms with Gasteiger partial charge >= 0.3 is 6.09 Å². The Morgan fingerprint density at radius 2 is 2.05 bits per heavy atom. The highest BCUT2D eigenvalue weighted by Gasteiger charge is 2.36. The molecule has 1 aliphatic heterocycles. The topological polar surface area (TPSA) is 122 Å². The zero-order valence-electron chi connectivity index (χ0n) is 21.7. The van der Waals surface area contributed by atoms with Crippen LogP contribution in [0.5, 0.6) is 0 Å². The molecule has 208 valence electrons. The van der Waals surface area contributed by atoms with Crippen LogP contribution in [-0.4, -0.2) is 67.2 Å². The van der Waals surface area contributed by atoms with Crippen LogP contribution in [0.4, 0.5) is 10.5 Å². The van der Waals surface area contributed by atoms with Gasteiger partial charge in [0.1, 0.15) is 6.10 Å². The Morgan fingerprint density at radius 3 is 2.77 bits per heavy atom. The highest BCUT2D eigenvalue weighted by molar-refractivity contribution is 7.18. The number of amides is 2. The van der Waals surface area contributed by atoms with E-state index in [1.54, 1.807) is 61.2 Å². The van der Waals surface area contributed by atoms with E-state index in [4.69, 9.17) is 26.2 Å². The highest BCUT2D eigenvalue weighted by atomic mass is 35.5. The van der Waals surface area contributed by atoms with E-state index in [1.807, 2.05) is 6.07 Å². The Hall–Kier alpha value is -3.22. The van der Waals surface area contributed by atoms with Crippen LogP contribution in [0.25, 0.3) is 5.69 Å². The summed E-state index contributed by atoms with van der Waals surface area (Å²) < 4.78 is 13.1. The number of methoxy groups -OCH3 is 1. The Kier molecular flexibility index (Phi) is 9.76. The minimum absolute atomic E-state index is 0.0368. The second-order valence-electron chi connectivity index (χ2n) is 9.08. The molecule has 3 N–H and O–H groups in total. The van der Waals surface area contributed by atoms with Crippen LogP contribution in [-0.2, 0) is 22.5 Å².